The summed E-state index contributed by atoms with van der Waals surface area (Å²) >= 11 is 0. The number of allylic oxidation sites excluding steroid dienone is 2. The van der Waals surface area contributed by atoms with Crippen LogP contribution in [0.15, 0.2) is 66.9 Å². The maximum atomic E-state index is 12.5. The van der Waals surface area contributed by atoms with Gasteiger partial charge in [-0.1, -0.05) is 6.58 Å². The van der Waals surface area contributed by atoms with E-state index in [1.54, 1.807) is 30.3 Å². The summed E-state index contributed by atoms with van der Waals surface area (Å²) in [6, 6.07) is 5.42. The molecule has 6 N–H and O–H groups in total. The number of likely N-dealkylation sites (N-methyl/N-ethyl adjacent to an activating group) is 1. The minimum atomic E-state index is -0.299. The fourth-order valence-corrected chi connectivity index (χ4v) is 2.94. The van der Waals surface area contributed by atoms with E-state index in [2.05, 4.69) is 11.9 Å². The van der Waals surface area contributed by atoms with Gasteiger partial charge in [0.05, 0.1) is 31.2 Å². The van der Waals surface area contributed by atoms with E-state index in [0.29, 0.717) is 24.3 Å². The molecule has 8 nitrogen and oxygen atoms in total. The number of hydrogen-bond acceptors (Lipinski definition) is 7. The number of nitrogen functional groups attached to an aromatic ring is 1. The number of carbonyl (C=O) groups is 2. The van der Waals surface area contributed by atoms with Crippen LogP contribution in [-0.4, -0.2) is 60.3 Å². The van der Waals surface area contributed by atoms with Crippen LogP contribution in [0.3, 0.4) is 0 Å². The van der Waals surface area contributed by atoms with Gasteiger partial charge < -0.3 is 31.3 Å². The molecule has 0 atom stereocenters. The van der Waals surface area contributed by atoms with Crippen molar-refractivity contribution in [2.45, 2.75) is 6.42 Å². The van der Waals surface area contributed by atoms with Gasteiger partial charge in [0, 0.05) is 43.7 Å². The Hall–Kier alpha value is -3.36. The van der Waals surface area contributed by atoms with Crippen molar-refractivity contribution in [1.82, 2.24) is 9.80 Å². The summed E-state index contributed by atoms with van der Waals surface area (Å²) < 4.78 is 0. The normalized spacial score (nSPS) is 13.8. The van der Waals surface area contributed by atoms with Crippen molar-refractivity contribution in [1.29, 1.82) is 0 Å². The van der Waals surface area contributed by atoms with Crippen LogP contribution < -0.4 is 16.4 Å². The Labute approximate surface area is 177 Å². The van der Waals surface area contributed by atoms with Gasteiger partial charge in [0.2, 0.25) is 11.6 Å². The quantitative estimate of drug-likeness (QED) is 0.303. The fraction of sp³-hybridized carbons (Fsp3) is 0.273. The number of aliphatic hydroxyl groups excluding tert-OH is 1. The molecule has 160 valence electrons. The van der Waals surface area contributed by atoms with E-state index < -0.39 is 0 Å². The van der Waals surface area contributed by atoms with Gasteiger partial charge in [-0.3, -0.25) is 9.59 Å². The van der Waals surface area contributed by atoms with Gasteiger partial charge in [0.25, 0.3) is 0 Å². The molecule has 0 radical (unpaired) electrons. The van der Waals surface area contributed by atoms with E-state index >= 15 is 0 Å². The fourth-order valence-electron chi connectivity index (χ4n) is 2.94. The largest absolute Gasteiger partial charge is 0.399 e. The van der Waals surface area contributed by atoms with E-state index in [4.69, 9.17) is 10.8 Å². The minimum Gasteiger partial charge on any atom is -0.399 e. The zero-order valence-corrected chi connectivity index (χ0v) is 17.5. The molecule has 30 heavy (non-hydrogen) atoms. The van der Waals surface area contributed by atoms with Gasteiger partial charge >= 0.3 is 0 Å². The minimum absolute atomic E-state index is 0.103. The molecular formula is C22H30N5O3+. The highest BCUT2D eigenvalue weighted by Crippen LogP contribution is 2.22. The Morgan fingerprint density at radius 2 is 2.00 bits per heavy atom. The number of rotatable bonds is 11. The summed E-state index contributed by atoms with van der Waals surface area (Å²) in [6.07, 6.45) is 8.86. The Morgan fingerprint density at radius 3 is 2.67 bits per heavy atom. The van der Waals surface area contributed by atoms with E-state index in [1.807, 2.05) is 35.7 Å². The molecular weight excluding hydrogens is 382 g/mol. The molecule has 1 aliphatic rings. The van der Waals surface area contributed by atoms with E-state index in [1.165, 1.54) is 12.2 Å². The lowest BCUT2D eigenvalue weighted by molar-refractivity contribution is -0.557. The number of hydrogen-bond donors (Lipinski definition) is 4. The smallest absolute Gasteiger partial charge is 0.204 e. The molecule has 0 aromatic heterocycles. The molecule has 8 heteroatoms. The highest BCUT2D eigenvalue weighted by atomic mass is 16.3. The molecule has 0 saturated carbocycles. The summed E-state index contributed by atoms with van der Waals surface area (Å²) in [4.78, 5) is 28.4. The molecule has 0 heterocycles. The van der Waals surface area contributed by atoms with E-state index in [9.17, 15) is 9.59 Å². The monoisotopic (exact) mass is 412 g/mol. The molecule has 0 fully saturated rings. The van der Waals surface area contributed by atoms with E-state index in [-0.39, 0.29) is 36.1 Å². The second kappa shape index (κ2) is 11.0. The third-order valence-electron chi connectivity index (χ3n) is 4.67. The van der Waals surface area contributed by atoms with Crippen molar-refractivity contribution in [2.24, 2.45) is 0 Å². The third-order valence-corrected chi connectivity index (χ3v) is 4.67. The van der Waals surface area contributed by atoms with Gasteiger partial charge in [0.15, 0.2) is 0 Å². The Bertz CT molecular complexity index is 889. The number of benzene rings is 1. The average Bonchev–Trinajstić information content (AvgIpc) is 2.72. The van der Waals surface area contributed by atoms with Gasteiger partial charge in [-0.15, -0.1) is 0 Å². The maximum Gasteiger partial charge on any atom is 0.204 e. The second-order valence-corrected chi connectivity index (χ2v) is 6.85. The van der Waals surface area contributed by atoms with Crippen LogP contribution >= 0.6 is 0 Å². The first-order valence-electron chi connectivity index (χ1n) is 9.73. The van der Waals surface area contributed by atoms with Gasteiger partial charge in [-0.05, 0) is 36.4 Å². The zero-order valence-electron chi connectivity index (χ0n) is 17.5. The first kappa shape index (κ1) is 22.9. The topological polar surface area (TPSA) is 116 Å². The number of carbonyl (C=O) groups excluding carboxylic acids is 2. The number of anilines is 2. The molecule has 1 aliphatic carbocycles. The van der Waals surface area contributed by atoms with Crippen molar-refractivity contribution in [3.63, 3.8) is 0 Å². The van der Waals surface area contributed by atoms with Crippen LogP contribution in [0.1, 0.15) is 5.56 Å². The van der Waals surface area contributed by atoms with Crippen LogP contribution in [0.4, 0.5) is 11.4 Å². The molecule has 0 unspecified atom stereocenters. The molecule has 1 aromatic carbocycles. The lowest BCUT2D eigenvalue weighted by atomic mass is 10.0. The molecule has 0 saturated heterocycles. The van der Waals surface area contributed by atoms with E-state index in [0.717, 1.165) is 5.56 Å². The number of nitrogens with zero attached hydrogens (tertiary/aromatic N) is 2. The van der Waals surface area contributed by atoms with Gasteiger partial charge in [0.1, 0.15) is 6.20 Å². The highest BCUT2D eigenvalue weighted by Gasteiger charge is 2.23. The number of nitrogens with two attached hydrogens (primary N) is 2. The van der Waals surface area contributed by atoms with Gasteiger partial charge in [-0.2, -0.15) is 0 Å². The summed E-state index contributed by atoms with van der Waals surface area (Å²) in [5.41, 5.74) is 8.83. The first-order valence-corrected chi connectivity index (χ1v) is 9.73. The lowest BCUT2D eigenvalue weighted by Crippen LogP contribution is -2.72. The Kier molecular flexibility index (Phi) is 8.40. The molecule has 0 aliphatic heterocycles. The molecule has 0 amide bonds. The zero-order chi connectivity index (χ0) is 22.1. The van der Waals surface area contributed by atoms with Crippen molar-refractivity contribution in [3.8, 4) is 0 Å². The molecule has 0 bridgehead atoms. The number of nitrogens with one attached hydrogen (secondary N) is 1. The highest BCUT2D eigenvalue weighted by molar-refractivity contribution is 6.20. The summed E-state index contributed by atoms with van der Waals surface area (Å²) in [5.74, 6) is -0.587. The van der Waals surface area contributed by atoms with Crippen molar-refractivity contribution >= 4 is 22.9 Å². The SMILES string of the molecule is C=CN(/C=C\[NH2+]C)CCc1cc(NC2=CC(=O)C(N(C)CCO)=CC2=O)ccc1N. The van der Waals surface area contributed by atoms with Crippen LogP contribution in [0, 0.1) is 0 Å². The molecule has 0 spiro atoms. The van der Waals surface area contributed by atoms with Crippen LogP contribution in [0.5, 0.6) is 0 Å². The third kappa shape index (κ3) is 6.07. The molecule has 1 aromatic rings. The van der Waals surface area contributed by atoms with Crippen LogP contribution in [0.2, 0.25) is 0 Å². The van der Waals surface area contributed by atoms with Crippen molar-refractivity contribution < 1.29 is 20.0 Å². The van der Waals surface area contributed by atoms with Gasteiger partial charge in [-0.25, -0.2) is 0 Å². The summed E-state index contributed by atoms with van der Waals surface area (Å²) in [5, 5.41) is 14.0. The summed E-state index contributed by atoms with van der Waals surface area (Å²) in [6.45, 7) is 4.68. The van der Waals surface area contributed by atoms with Crippen molar-refractivity contribution in [3.05, 3.63) is 72.5 Å². The average molecular weight is 413 g/mol. The first-order chi connectivity index (χ1) is 14.4. The number of ketones is 2. The predicted octanol–water partition coefficient (Wildman–Crippen LogP) is 0.177. The predicted molar refractivity (Wildman–Crippen MR) is 118 cm³/mol. The molecule has 2 rings (SSSR count). The summed E-state index contributed by atoms with van der Waals surface area (Å²) in [7, 11) is 3.60. The second-order valence-electron chi connectivity index (χ2n) is 6.85. The van der Waals surface area contributed by atoms with Crippen LogP contribution in [0.25, 0.3) is 0 Å². The van der Waals surface area contributed by atoms with Crippen molar-refractivity contribution in [2.75, 3.05) is 44.8 Å². The lowest BCUT2D eigenvalue weighted by Gasteiger charge is -2.22. The van der Waals surface area contributed by atoms with Crippen LogP contribution in [-0.2, 0) is 16.0 Å². The Morgan fingerprint density at radius 1 is 1.23 bits per heavy atom. The number of quaternary nitrogens is 1. The standard InChI is InChI=1S/C22H29N5O3/c1-4-27(10-8-24-2)9-7-16-13-17(5-6-18(16)23)25-19-14-22(30)20(15-21(19)29)26(3)11-12-28/h4-6,8,10,13-15,24-25,28H,1,7,9,11-12,23H2,2-3H3/p+1/b10-8-. The Balaban J connectivity index is 2.11. The maximum absolute atomic E-state index is 12.5. The number of aliphatic hydroxyl groups is 1.